The molecule has 4 aromatic rings. The maximum atomic E-state index is 12.9. The zero-order valence-corrected chi connectivity index (χ0v) is 16.3. The molecule has 4 rings (SSSR count). The monoisotopic (exact) mass is 402 g/mol. The van der Waals surface area contributed by atoms with Crippen molar-refractivity contribution in [1.82, 2.24) is 10.3 Å². The number of rotatable bonds is 5. The van der Waals surface area contributed by atoms with Crippen LogP contribution in [0.4, 0.5) is 21.6 Å². The van der Waals surface area contributed by atoms with Crippen LogP contribution in [0.5, 0.6) is 0 Å². The Morgan fingerprint density at radius 3 is 2.38 bits per heavy atom. The van der Waals surface area contributed by atoms with Crippen LogP contribution >= 0.6 is 12.2 Å². The third-order valence-electron chi connectivity index (χ3n) is 4.41. The van der Waals surface area contributed by atoms with Crippen molar-refractivity contribution in [1.29, 1.82) is 0 Å². The average Bonchev–Trinajstić information content (AvgIpc) is 2.75. The minimum atomic E-state index is -0.252. The number of nitrogens with zero attached hydrogens (tertiary/aromatic N) is 1. The number of halogens is 1. The quantitative estimate of drug-likeness (QED) is 0.379. The second kappa shape index (κ2) is 8.67. The van der Waals surface area contributed by atoms with Crippen molar-refractivity contribution in [2.75, 3.05) is 10.6 Å². The summed E-state index contributed by atoms with van der Waals surface area (Å²) in [6, 6.07) is 24.5. The molecule has 4 nitrogen and oxygen atoms in total. The molecular formula is C23H19FN4S. The van der Waals surface area contributed by atoms with Crippen LogP contribution in [0.3, 0.4) is 0 Å². The molecule has 0 saturated heterocycles. The molecule has 1 heterocycles. The molecular weight excluding hydrogens is 383 g/mol. The first kappa shape index (κ1) is 18.8. The van der Waals surface area contributed by atoms with Gasteiger partial charge in [0, 0.05) is 12.2 Å². The van der Waals surface area contributed by atoms with Gasteiger partial charge in [-0.1, -0.05) is 42.5 Å². The van der Waals surface area contributed by atoms with E-state index in [4.69, 9.17) is 12.2 Å². The Morgan fingerprint density at radius 2 is 1.62 bits per heavy atom. The lowest BCUT2D eigenvalue weighted by atomic mass is 10.1. The molecule has 144 valence electrons. The van der Waals surface area contributed by atoms with Crippen molar-refractivity contribution in [2.24, 2.45) is 0 Å². The van der Waals surface area contributed by atoms with Crippen LogP contribution in [0.1, 0.15) is 5.56 Å². The Bertz CT molecular complexity index is 1130. The summed E-state index contributed by atoms with van der Waals surface area (Å²) in [4.78, 5) is 4.43. The molecule has 0 unspecified atom stereocenters. The van der Waals surface area contributed by atoms with E-state index in [1.54, 1.807) is 18.3 Å². The third kappa shape index (κ3) is 5.06. The molecule has 3 aromatic carbocycles. The van der Waals surface area contributed by atoms with E-state index in [0.29, 0.717) is 11.7 Å². The largest absolute Gasteiger partial charge is 0.358 e. The highest BCUT2D eigenvalue weighted by molar-refractivity contribution is 7.80. The maximum absolute atomic E-state index is 12.9. The van der Waals surface area contributed by atoms with Gasteiger partial charge in [0.15, 0.2) is 5.11 Å². The van der Waals surface area contributed by atoms with Crippen LogP contribution < -0.4 is 16.0 Å². The van der Waals surface area contributed by atoms with E-state index in [2.05, 4.69) is 45.2 Å². The SMILES string of the molecule is Fc1ccc(CNC(=S)Nc2ccc(Nc3ccc4ccccc4c3)nc2)cc1. The molecule has 0 fully saturated rings. The highest BCUT2D eigenvalue weighted by Crippen LogP contribution is 2.22. The van der Waals surface area contributed by atoms with Crippen molar-refractivity contribution >= 4 is 45.3 Å². The summed E-state index contributed by atoms with van der Waals surface area (Å²) in [5.74, 6) is 0.494. The number of benzene rings is 3. The minimum absolute atomic E-state index is 0.252. The Balaban J connectivity index is 1.33. The standard InChI is InChI=1S/C23H19FN4S/c24-19-8-5-16(6-9-19)14-26-23(29)28-21-11-12-22(25-15-21)27-20-10-7-17-3-1-2-4-18(17)13-20/h1-13,15H,14H2,(H,25,27)(H2,26,28,29). The molecule has 6 heteroatoms. The fraction of sp³-hybridized carbons (Fsp3) is 0.0435. The predicted molar refractivity (Wildman–Crippen MR) is 121 cm³/mol. The van der Waals surface area contributed by atoms with Gasteiger partial charge in [0.1, 0.15) is 11.6 Å². The first-order chi connectivity index (χ1) is 14.2. The Hall–Kier alpha value is -3.51. The molecule has 0 aliphatic carbocycles. The molecule has 0 saturated carbocycles. The van der Waals surface area contributed by atoms with E-state index in [-0.39, 0.29) is 5.82 Å². The minimum Gasteiger partial charge on any atom is -0.358 e. The highest BCUT2D eigenvalue weighted by Gasteiger charge is 2.02. The van der Waals surface area contributed by atoms with Gasteiger partial charge in [-0.3, -0.25) is 0 Å². The van der Waals surface area contributed by atoms with Crippen LogP contribution in [0.2, 0.25) is 0 Å². The van der Waals surface area contributed by atoms with Gasteiger partial charge in [0.25, 0.3) is 0 Å². The van der Waals surface area contributed by atoms with E-state index in [0.717, 1.165) is 22.8 Å². The van der Waals surface area contributed by atoms with Gasteiger partial charge in [-0.05, 0) is 65.0 Å². The molecule has 0 atom stereocenters. The smallest absolute Gasteiger partial charge is 0.171 e. The number of anilines is 3. The predicted octanol–water partition coefficient (Wildman–Crippen LogP) is 5.60. The summed E-state index contributed by atoms with van der Waals surface area (Å²) in [5.41, 5.74) is 2.71. The summed E-state index contributed by atoms with van der Waals surface area (Å²) >= 11 is 5.30. The molecule has 0 amide bonds. The molecule has 0 bridgehead atoms. The second-order valence-electron chi connectivity index (χ2n) is 6.55. The Kier molecular flexibility index (Phi) is 5.63. The molecule has 0 aliphatic rings. The zero-order chi connectivity index (χ0) is 20.1. The van der Waals surface area contributed by atoms with E-state index in [9.17, 15) is 4.39 Å². The molecule has 29 heavy (non-hydrogen) atoms. The van der Waals surface area contributed by atoms with Crippen molar-refractivity contribution in [3.05, 3.63) is 96.4 Å². The van der Waals surface area contributed by atoms with Crippen LogP contribution in [0.25, 0.3) is 10.8 Å². The number of hydrogen-bond donors (Lipinski definition) is 3. The van der Waals surface area contributed by atoms with Gasteiger partial charge in [-0.25, -0.2) is 9.37 Å². The lowest BCUT2D eigenvalue weighted by Gasteiger charge is -2.11. The molecule has 1 aromatic heterocycles. The summed E-state index contributed by atoms with van der Waals surface area (Å²) in [6.45, 7) is 0.515. The van der Waals surface area contributed by atoms with Crippen molar-refractivity contribution in [3.63, 3.8) is 0 Å². The molecule has 0 radical (unpaired) electrons. The Labute approximate surface area is 173 Å². The maximum Gasteiger partial charge on any atom is 0.171 e. The third-order valence-corrected chi connectivity index (χ3v) is 4.66. The van der Waals surface area contributed by atoms with E-state index in [1.165, 1.54) is 22.9 Å². The normalized spacial score (nSPS) is 10.5. The van der Waals surface area contributed by atoms with Gasteiger partial charge >= 0.3 is 0 Å². The molecule has 0 aliphatic heterocycles. The summed E-state index contributed by atoms with van der Waals surface area (Å²) in [7, 11) is 0. The van der Waals surface area contributed by atoms with E-state index >= 15 is 0 Å². The fourth-order valence-electron chi connectivity index (χ4n) is 2.92. The summed E-state index contributed by atoms with van der Waals surface area (Å²) in [6.07, 6.45) is 1.72. The van der Waals surface area contributed by atoms with Crippen molar-refractivity contribution < 1.29 is 4.39 Å². The Morgan fingerprint density at radius 1 is 0.862 bits per heavy atom. The number of fused-ring (bicyclic) bond motifs is 1. The van der Waals surface area contributed by atoms with Gasteiger partial charge in [-0.15, -0.1) is 0 Å². The number of pyridine rings is 1. The fourth-order valence-corrected chi connectivity index (χ4v) is 3.11. The number of thiocarbonyl (C=S) groups is 1. The van der Waals surface area contributed by atoms with E-state index < -0.39 is 0 Å². The lowest BCUT2D eigenvalue weighted by Crippen LogP contribution is -2.27. The van der Waals surface area contributed by atoms with Crippen molar-refractivity contribution in [3.8, 4) is 0 Å². The first-order valence-corrected chi connectivity index (χ1v) is 9.58. The van der Waals surface area contributed by atoms with Gasteiger partial charge in [-0.2, -0.15) is 0 Å². The van der Waals surface area contributed by atoms with Crippen LogP contribution in [-0.4, -0.2) is 10.1 Å². The van der Waals surface area contributed by atoms with Gasteiger partial charge in [0.2, 0.25) is 0 Å². The highest BCUT2D eigenvalue weighted by atomic mass is 32.1. The molecule has 3 N–H and O–H groups in total. The van der Waals surface area contributed by atoms with Crippen LogP contribution in [-0.2, 0) is 6.54 Å². The number of aromatic nitrogens is 1. The van der Waals surface area contributed by atoms with E-state index in [1.807, 2.05) is 30.3 Å². The zero-order valence-electron chi connectivity index (χ0n) is 15.5. The number of hydrogen-bond acceptors (Lipinski definition) is 3. The van der Waals surface area contributed by atoms with Crippen LogP contribution in [0.15, 0.2) is 85.1 Å². The lowest BCUT2D eigenvalue weighted by molar-refractivity contribution is 0.627. The topological polar surface area (TPSA) is 49.0 Å². The average molecular weight is 402 g/mol. The van der Waals surface area contributed by atoms with Crippen LogP contribution in [0, 0.1) is 5.82 Å². The number of nitrogens with one attached hydrogen (secondary N) is 3. The van der Waals surface area contributed by atoms with Gasteiger partial charge < -0.3 is 16.0 Å². The summed E-state index contributed by atoms with van der Waals surface area (Å²) < 4.78 is 12.9. The summed E-state index contributed by atoms with van der Waals surface area (Å²) in [5, 5.41) is 12.4. The second-order valence-corrected chi connectivity index (χ2v) is 6.96. The first-order valence-electron chi connectivity index (χ1n) is 9.17. The molecule has 0 spiro atoms. The van der Waals surface area contributed by atoms with Gasteiger partial charge in [0.05, 0.1) is 11.9 Å². The van der Waals surface area contributed by atoms with Crippen molar-refractivity contribution in [2.45, 2.75) is 6.54 Å².